The summed E-state index contributed by atoms with van der Waals surface area (Å²) in [7, 11) is 0. The maximum Gasteiger partial charge on any atom is 0.305 e. The minimum absolute atomic E-state index is 0.0759. The van der Waals surface area contributed by atoms with Gasteiger partial charge in [0.2, 0.25) is 5.82 Å². The average molecular weight is 317 g/mol. The lowest BCUT2D eigenvalue weighted by molar-refractivity contribution is -0.387. The smallest absolute Gasteiger partial charge is 0.305 e. The van der Waals surface area contributed by atoms with Crippen LogP contribution in [0.3, 0.4) is 0 Å². The van der Waals surface area contributed by atoms with Crippen LogP contribution in [-0.4, -0.2) is 4.92 Å². The molecule has 0 aliphatic heterocycles. The summed E-state index contributed by atoms with van der Waals surface area (Å²) in [6.07, 6.45) is 0. The highest BCUT2D eigenvalue weighted by molar-refractivity contribution is 6.33. The Bertz CT molecular complexity index is 710. The van der Waals surface area contributed by atoms with Gasteiger partial charge in [0.25, 0.3) is 0 Å². The van der Waals surface area contributed by atoms with Crippen LogP contribution in [0.2, 0.25) is 5.02 Å². The molecule has 0 aliphatic rings. The maximum atomic E-state index is 13.6. The molecule has 0 radical (unpaired) electrons. The van der Waals surface area contributed by atoms with Crippen molar-refractivity contribution >= 4 is 23.0 Å². The highest BCUT2D eigenvalue weighted by Crippen LogP contribution is 2.25. The Labute approximate surface area is 122 Å². The van der Waals surface area contributed by atoms with Gasteiger partial charge in [0.1, 0.15) is 11.6 Å². The summed E-state index contributed by atoms with van der Waals surface area (Å²) < 4.78 is 39.6. The first-order chi connectivity index (χ1) is 9.88. The van der Waals surface area contributed by atoms with Crippen molar-refractivity contribution in [2.75, 3.05) is 5.32 Å². The number of nitrogens with one attached hydrogen (secondary N) is 1. The second-order valence-corrected chi connectivity index (χ2v) is 4.54. The highest BCUT2D eigenvalue weighted by atomic mass is 35.5. The Hall–Kier alpha value is -2.28. The van der Waals surface area contributed by atoms with E-state index >= 15 is 0 Å². The molecular weight excluding hydrogens is 309 g/mol. The second kappa shape index (κ2) is 6.01. The molecule has 0 heterocycles. The van der Waals surface area contributed by atoms with Gasteiger partial charge in [-0.05, 0) is 18.2 Å². The lowest BCUT2D eigenvalue weighted by Gasteiger charge is -2.09. The molecule has 1 N–H and O–H groups in total. The van der Waals surface area contributed by atoms with Crippen LogP contribution < -0.4 is 5.32 Å². The fourth-order valence-corrected chi connectivity index (χ4v) is 1.91. The van der Waals surface area contributed by atoms with E-state index in [-0.39, 0.29) is 17.1 Å². The van der Waals surface area contributed by atoms with Crippen molar-refractivity contribution in [1.29, 1.82) is 0 Å². The molecule has 0 unspecified atom stereocenters. The number of nitrogens with zero attached hydrogens (tertiary/aromatic N) is 1. The number of nitro groups is 1. The maximum absolute atomic E-state index is 13.6. The third-order valence-electron chi connectivity index (χ3n) is 2.71. The molecule has 110 valence electrons. The number of nitro benzene ring substituents is 1. The lowest BCUT2D eigenvalue weighted by atomic mass is 10.1. The number of rotatable bonds is 4. The van der Waals surface area contributed by atoms with Gasteiger partial charge in [-0.1, -0.05) is 11.6 Å². The zero-order chi connectivity index (χ0) is 15.6. The normalized spacial score (nSPS) is 10.5. The first-order valence-corrected chi connectivity index (χ1v) is 6.07. The van der Waals surface area contributed by atoms with Crippen LogP contribution in [0, 0.1) is 27.6 Å². The molecule has 2 rings (SSSR count). The Kier molecular flexibility index (Phi) is 4.32. The standard InChI is InChI=1S/C13H8ClF3N2O2/c14-9-4-8(15)1-2-12(9)18-6-7-3-13(19(20)21)11(17)5-10(7)16/h1-5,18H,6H2. The molecule has 0 atom stereocenters. The van der Waals surface area contributed by atoms with Crippen molar-refractivity contribution in [3.05, 3.63) is 68.5 Å². The molecule has 0 aliphatic carbocycles. The van der Waals surface area contributed by atoms with E-state index in [1.54, 1.807) is 0 Å². The molecular formula is C13H8ClF3N2O2. The average Bonchev–Trinajstić information content (AvgIpc) is 2.39. The van der Waals surface area contributed by atoms with Crippen LogP contribution in [0.5, 0.6) is 0 Å². The summed E-state index contributed by atoms with van der Waals surface area (Å²) in [5, 5.41) is 13.4. The fraction of sp³-hybridized carbons (Fsp3) is 0.0769. The van der Waals surface area contributed by atoms with E-state index in [4.69, 9.17) is 11.6 Å². The van der Waals surface area contributed by atoms with Crippen molar-refractivity contribution in [3.8, 4) is 0 Å². The number of hydrogen-bond acceptors (Lipinski definition) is 3. The summed E-state index contributed by atoms with van der Waals surface area (Å²) >= 11 is 5.78. The van der Waals surface area contributed by atoms with E-state index in [1.165, 1.54) is 6.07 Å². The zero-order valence-electron chi connectivity index (χ0n) is 10.4. The van der Waals surface area contributed by atoms with Gasteiger partial charge in [-0.15, -0.1) is 0 Å². The molecule has 0 spiro atoms. The van der Waals surface area contributed by atoms with Gasteiger partial charge in [0, 0.05) is 24.2 Å². The summed E-state index contributed by atoms with van der Waals surface area (Å²) in [6.45, 7) is -0.168. The molecule has 0 fully saturated rings. The van der Waals surface area contributed by atoms with Gasteiger partial charge < -0.3 is 5.32 Å². The molecule has 4 nitrogen and oxygen atoms in total. The molecule has 0 saturated carbocycles. The quantitative estimate of drug-likeness (QED) is 0.676. The summed E-state index contributed by atoms with van der Waals surface area (Å²) in [5.41, 5.74) is -0.605. The summed E-state index contributed by atoms with van der Waals surface area (Å²) in [6, 6.07) is 4.80. The van der Waals surface area contributed by atoms with E-state index in [0.29, 0.717) is 11.8 Å². The third-order valence-corrected chi connectivity index (χ3v) is 3.03. The number of anilines is 1. The van der Waals surface area contributed by atoms with Gasteiger partial charge in [0.05, 0.1) is 15.6 Å². The van der Waals surface area contributed by atoms with E-state index in [0.717, 1.165) is 18.2 Å². The van der Waals surface area contributed by atoms with Crippen LogP contribution in [0.15, 0.2) is 30.3 Å². The molecule has 21 heavy (non-hydrogen) atoms. The van der Waals surface area contributed by atoms with Crippen LogP contribution in [-0.2, 0) is 6.54 Å². The molecule has 8 heteroatoms. The number of benzene rings is 2. The fourth-order valence-electron chi connectivity index (χ4n) is 1.68. The molecule has 2 aromatic carbocycles. The Morgan fingerprint density at radius 3 is 2.48 bits per heavy atom. The Balaban J connectivity index is 2.23. The Morgan fingerprint density at radius 1 is 1.14 bits per heavy atom. The predicted octanol–water partition coefficient (Wildman–Crippen LogP) is 4.28. The van der Waals surface area contributed by atoms with Crippen molar-refractivity contribution in [2.45, 2.75) is 6.54 Å². The van der Waals surface area contributed by atoms with Crippen LogP contribution in [0.25, 0.3) is 0 Å². The van der Waals surface area contributed by atoms with Gasteiger partial charge in [-0.25, -0.2) is 8.78 Å². The van der Waals surface area contributed by atoms with Crippen molar-refractivity contribution in [1.82, 2.24) is 0 Å². The van der Waals surface area contributed by atoms with Crippen LogP contribution >= 0.6 is 11.6 Å². The topological polar surface area (TPSA) is 55.2 Å². The molecule has 0 aromatic heterocycles. The zero-order valence-corrected chi connectivity index (χ0v) is 11.1. The summed E-state index contributed by atoms with van der Waals surface area (Å²) in [4.78, 5) is 9.67. The number of halogens is 4. The van der Waals surface area contributed by atoms with Crippen molar-refractivity contribution in [2.24, 2.45) is 0 Å². The molecule has 0 bridgehead atoms. The lowest BCUT2D eigenvalue weighted by Crippen LogP contribution is -2.05. The van der Waals surface area contributed by atoms with E-state index < -0.39 is 28.1 Å². The third kappa shape index (κ3) is 3.43. The van der Waals surface area contributed by atoms with Crippen molar-refractivity contribution < 1.29 is 18.1 Å². The number of hydrogen-bond donors (Lipinski definition) is 1. The molecule has 0 amide bonds. The van der Waals surface area contributed by atoms with Crippen molar-refractivity contribution in [3.63, 3.8) is 0 Å². The summed E-state index contributed by atoms with van der Waals surface area (Å²) in [5.74, 6) is -2.71. The largest absolute Gasteiger partial charge is 0.380 e. The molecule has 2 aromatic rings. The predicted molar refractivity (Wildman–Crippen MR) is 71.7 cm³/mol. The van der Waals surface area contributed by atoms with Gasteiger partial charge >= 0.3 is 5.69 Å². The van der Waals surface area contributed by atoms with E-state index in [9.17, 15) is 23.3 Å². The highest BCUT2D eigenvalue weighted by Gasteiger charge is 2.18. The van der Waals surface area contributed by atoms with Gasteiger partial charge in [0.15, 0.2) is 0 Å². The van der Waals surface area contributed by atoms with Crippen LogP contribution in [0.1, 0.15) is 5.56 Å². The second-order valence-electron chi connectivity index (χ2n) is 4.13. The monoisotopic (exact) mass is 316 g/mol. The van der Waals surface area contributed by atoms with Gasteiger partial charge in [-0.3, -0.25) is 10.1 Å². The minimum atomic E-state index is -1.25. The Morgan fingerprint density at radius 2 is 1.86 bits per heavy atom. The van der Waals surface area contributed by atoms with E-state index in [2.05, 4.69) is 5.32 Å². The van der Waals surface area contributed by atoms with Gasteiger partial charge in [-0.2, -0.15) is 4.39 Å². The SMILES string of the molecule is O=[N+]([O-])c1cc(CNc2ccc(F)cc2Cl)c(F)cc1F. The first-order valence-electron chi connectivity index (χ1n) is 5.69. The first kappa shape index (κ1) is 15.1. The van der Waals surface area contributed by atoms with Crippen LogP contribution in [0.4, 0.5) is 24.5 Å². The molecule has 0 saturated heterocycles. The van der Waals surface area contributed by atoms with E-state index in [1.807, 2.05) is 0 Å². The minimum Gasteiger partial charge on any atom is -0.380 e.